The Bertz CT molecular complexity index is 1600. The Kier molecular flexibility index (Phi) is 5.07. The van der Waals surface area contributed by atoms with Gasteiger partial charge >= 0.3 is 0 Å². The molecule has 1 saturated carbocycles. The standard InChI is InChI=1S/C25H23ClN8O/c1-33-9-8-17(32-33)12-28-23-24-29-13-22(34(24)21-7-3-15(27)11-20(21)31-23)14-2-6-18(19(26)10-14)25(35)30-16-4-5-16/h2-3,6-11,13,16H,4-5,12,27H2,1H3,(H,28,31)(H,30,35). The SMILES string of the molecule is Cn1ccc(CNc2nc3cc(N)ccc3n3c(-c4ccc(C(=O)NC5CC5)c(Cl)c4)cnc23)n1. The maximum atomic E-state index is 12.5. The second kappa shape index (κ2) is 8.28. The largest absolute Gasteiger partial charge is 0.399 e. The molecule has 176 valence electrons. The minimum atomic E-state index is -0.145. The molecule has 1 fully saturated rings. The van der Waals surface area contributed by atoms with Gasteiger partial charge in [-0.3, -0.25) is 13.9 Å². The zero-order valence-electron chi connectivity index (χ0n) is 19.0. The lowest BCUT2D eigenvalue weighted by Crippen LogP contribution is -2.25. The molecule has 3 heterocycles. The molecule has 0 saturated heterocycles. The fraction of sp³-hybridized carbons (Fsp3) is 0.200. The molecule has 1 aliphatic rings. The Hall–Kier alpha value is -4.11. The number of aromatic nitrogens is 5. The van der Waals surface area contributed by atoms with Crippen LogP contribution in [0.5, 0.6) is 0 Å². The fourth-order valence-corrected chi connectivity index (χ4v) is 4.42. The number of anilines is 2. The molecule has 1 aliphatic carbocycles. The monoisotopic (exact) mass is 486 g/mol. The Morgan fingerprint density at radius 3 is 2.80 bits per heavy atom. The quantitative estimate of drug-likeness (QED) is 0.312. The Morgan fingerprint density at radius 2 is 2.06 bits per heavy atom. The number of fused-ring (bicyclic) bond motifs is 3. The maximum Gasteiger partial charge on any atom is 0.253 e. The first kappa shape index (κ1) is 21.4. The summed E-state index contributed by atoms with van der Waals surface area (Å²) in [6, 6.07) is 13.3. The lowest BCUT2D eigenvalue weighted by atomic mass is 10.1. The number of rotatable bonds is 6. The number of hydrogen-bond donors (Lipinski definition) is 3. The fourth-order valence-electron chi connectivity index (χ4n) is 4.16. The maximum absolute atomic E-state index is 12.5. The van der Waals surface area contributed by atoms with E-state index in [1.165, 1.54) is 0 Å². The summed E-state index contributed by atoms with van der Waals surface area (Å²) in [7, 11) is 1.88. The first-order chi connectivity index (χ1) is 17.0. The van der Waals surface area contributed by atoms with Crippen LogP contribution in [0.3, 0.4) is 0 Å². The van der Waals surface area contributed by atoms with Gasteiger partial charge in [0.05, 0.1) is 45.7 Å². The molecule has 9 nitrogen and oxygen atoms in total. The molecule has 10 heteroatoms. The van der Waals surface area contributed by atoms with E-state index < -0.39 is 0 Å². The summed E-state index contributed by atoms with van der Waals surface area (Å²) in [6.07, 6.45) is 5.72. The molecule has 5 aromatic rings. The van der Waals surface area contributed by atoms with E-state index in [4.69, 9.17) is 22.3 Å². The van der Waals surface area contributed by atoms with Crippen LogP contribution < -0.4 is 16.4 Å². The van der Waals surface area contributed by atoms with E-state index in [2.05, 4.69) is 20.7 Å². The van der Waals surface area contributed by atoms with Gasteiger partial charge in [-0.25, -0.2) is 9.97 Å². The van der Waals surface area contributed by atoms with E-state index >= 15 is 0 Å². The molecule has 4 N–H and O–H groups in total. The number of carbonyl (C=O) groups is 1. The van der Waals surface area contributed by atoms with Crippen molar-refractivity contribution in [2.75, 3.05) is 11.1 Å². The van der Waals surface area contributed by atoms with E-state index in [-0.39, 0.29) is 11.9 Å². The number of imidazole rings is 1. The number of nitrogens with two attached hydrogens (primary N) is 1. The van der Waals surface area contributed by atoms with Gasteiger partial charge in [-0.15, -0.1) is 0 Å². The van der Waals surface area contributed by atoms with Crippen molar-refractivity contribution in [3.63, 3.8) is 0 Å². The van der Waals surface area contributed by atoms with Gasteiger partial charge in [-0.1, -0.05) is 17.7 Å². The molecule has 6 rings (SSSR count). The zero-order chi connectivity index (χ0) is 24.1. The van der Waals surface area contributed by atoms with Gasteiger partial charge in [-0.2, -0.15) is 5.10 Å². The smallest absolute Gasteiger partial charge is 0.253 e. The van der Waals surface area contributed by atoms with Crippen molar-refractivity contribution in [3.8, 4) is 11.3 Å². The lowest BCUT2D eigenvalue weighted by Gasteiger charge is -2.12. The van der Waals surface area contributed by atoms with Crippen molar-refractivity contribution in [3.05, 3.63) is 71.1 Å². The number of nitrogen functional groups attached to an aromatic ring is 1. The van der Waals surface area contributed by atoms with Gasteiger partial charge in [0, 0.05) is 30.5 Å². The average Bonchev–Trinajstić information content (AvgIpc) is 3.36. The Labute approximate surface area is 205 Å². The first-order valence-corrected chi connectivity index (χ1v) is 11.7. The summed E-state index contributed by atoms with van der Waals surface area (Å²) < 4.78 is 3.78. The first-order valence-electron chi connectivity index (χ1n) is 11.4. The minimum Gasteiger partial charge on any atom is -0.399 e. The topological polar surface area (TPSA) is 115 Å². The number of nitrogens with zero attached hydrogens (tertiary/aromatic N) is 5. The number of benzene rings is 2. The van der Waals surface area contributed by atoms with Crippen LogP contribution in [-0.4, -0.2) is 36.1 Å². The van der Waals surface area contributed by atoms with Crippen LogP contribution >= 0.6 is 11.6 Å². The second-order valence-electron chi connectivity index (χ2n) is 8.79. The Morgan fingerprint density at radius 1 is 1.20 bits per heavy atom. The number of halogens is 1. The minimum absolute atomic E-state index is 0.145. The van der Waals surface area contributed by atoms with E-state index in [0.717, 1.165) is 40.8 Å². The van der Waals surface area contributed by atoms with Crippen molar-refractivity contribution >= 4 is 45.7 Å². The third kappa shape index (κ3) is 4.04. The number of nitrogens with one attached hydrogen (secondary N) is 2. The molecule has 0 unspecified atom stereocenters. The molecule has 3 aromatic heterocycles. The molecule has 2 aromatic carbocycles. The lowest BCUT2D eigenvalue weighted by molar-refractivity contribution is 0.0951. The van der Waals surface area contributed by atoms with Gasteiger partial charge in [0.2, 0.25) is 0 Å². The number of aryl methyl sites for hydroxylation is 1. The van der Waals surface area contributed by atoms with E-state index in [9.17, 15) is 4.79 Å². The Balaban J connectivity index is 1.44. The van der Waals surface area contributed by atoms with Crippen molar-refractivity contribution in [1.29, 1.82) is 0 Å². The molecule has 0 aliphatic heterocycles. The van der Waals surface area contributed by atoms with Crippen LogP contribution in [0.25, 0.3) is 27.9 Å². The third-order valence-corrected chi connectivity index (χ3v) is 6.39. The van der Waals surface area contributed by atoms with Gasteiger partial charge < -0.3 is 16.4 Å². The summed E-state index contributed by atoms with van der Waals surface area (Å²) >= 11 is 6.55. The predicted octanol–water partition coefficient (Wildman–Crippen LogP) is 4.02. The summed E-state index contributed by atoms with van der Waals surface area (Å²) in [5, 5.41) is 11.2. The summed E-state index contributed by atoms with van der Waals surface area (Å²) in [5.41, 5.74) is 12.0. The molecular weight excluding hydrogens is 464 g/mol. The van der Waals surface area contributed by atoms with Crippen LogP contribution in [-0.2, 0) is 13.6 Å². The molecule has 1 amide bonds. The highest BCUT2D eigenvalue weighted by atomic mass is 35.5. The molecule has 0 radical (unpaired) electrons. The molecule has 0 atom stereocenters. The van der Waals surface area contributed by atoms with Crippen molar-refractivity contribution in [2.45, 2.75) is 25.4 Å². The van der Waals surface area contributed by atoms with Gasteiger partial charge in [-0.05, 0) is 49.2 Å². The summed E-state index contributed by atoms with van der Waals surface area (Å²) in [5.74, 6) is 0.472. The van der Waals surface area contributed by atoms with Crippen LogP contribution in [0.2, 0.25) is 5.02 Å². The van der Waals surface area contributed by atoms with Crippen molar-refractivity contribution < 1.29 is 4.79 Å². The second-order valence-corrected chi connectivity index (χ2v) is 9.19. The molecule has 0 spiro atoms. The zero-order valence-corrected chi connectivity index (χ0v) is 19.8. The van der Waals surface area contributed by atoms with E-state index in [1.807, 2.05) is 48.0 Å². The van der Waals surface area contributed by atoms with Crippen LogP contribution in [0.1, 0.15) is 28.9 Å². The van der Waals surface area contributed by atoms with Gasteiger partial charge in [0.15, 0.2) is 11.5 Å². The molecule has 35 heavy (non-hydrogen) atoms. The predicted molar refractivity (Wildman–Crippen MR) is 136 cm³/mol. The van der Waals surface area contributed by atoms with Crippen LogP contribution in [0.15, 0.2) is 54.9 Å². The summed E-state index contributed by atoms with van der Waals surface area (Å²) in [6.45, 7) is 0.496. The van der Waals surface area contributed by atoms with Gasteiger partial charge in [0.1, 0.15) is 0 Å². The van der Waals surface area contributed by atoms with Gasteiger partial charge in [0.25, 0.3) is 5.91 Å². The normalized spacial score (nSPS) is 13.4. The van der Waals surface area contributed by atoms with Crippen LogP contribution in [0.4, 0.5) is 11.5 Å². The average molecular weight is 487 g/mol. The highest BCUT2D eigenvalue weighted by Crippen LogP contribution is 2.32. The molecular formula is C25H23ClN8O. The number of carbonyl (C=O) groups excluding carboxylic acids is 1. The highest BCUT2D eigenvalue weighted by Gasteiger charge is 2.25. The van der Waals surface area contributed by atoms with Crippen molar-refractivity contribution in [1.82, 2.24) is 29.5 Å². The van der Waals surface area contributed by atoms with E-state index in [0.29, 0.717) is 34.3 Å². The summed E-state index contributed by atoms with van der Waals surface area (Å²) in [4.78, 5) is 22.0. The van der Waals surface area contributed by atoms with Crippen LogP contribution in [0, 0.1) is 0 Å². The number of hydrogen-bond acceptors (Lipinski definition) is 6. The molecule has 0 bridgehead atoms. The van der Waals surface area contributed by atoms with Crippen molar-refractivity contribution in [2.24, 2.45) is 7.05 Å². The highest BCUT2D eigenvalue weighted by molar-refractivity contribution is 6.34. The third-order valence-electron chi connectivity index (χ3n) is 6.07. The number of amides is 1. The van der Waals surface area contributed by atoms with E-state index in [1.54, 1.807) is 23.0 Å².